The Morgan fingerprint density at radius 2 is 2.21 bits per heavy atom. The van der Waals surface area contributed by atoms with Gasteiger partial charge in [-0.1, -0.05) is 24.9 Å². The molecule has 5 heteroatoms. The van der Waals surface area contributed by atoms with Crippen LogP contribution in [0.5, 0.6) is 0 Å². The Morgan fingerprint density at radius 3 is 2.84 bits per heavy atom. The first-order chi connectivity index (χ1) is 9.11. The molecular formula is C14H20ClN3O. The Labute approximate surface area is 118 Å². The highest BCUT2D eigenvalue weighted by atomic mass is 35.5. The minimum Gasteiger partial charge on any atom is -0.397 e. The van der Waals surface area contributed by atoms with Gasteiger partial charge in [-0.25, -0.2) is 0 Å². The van der Waals surface area contributed by atoms with Crippen molar-refractivity contribution in [2.45, 2.75) is 38.6 Å². The van der Waals surface area contributed by atoms with Crippen molar-refractivity contribution in [3.63, 3.8) is 0 Å². The lowest BCUT2D eigenvalue weighted by Crippen LogP contribution is -2.24. The van der Waals surface area contributed by atoms with Crippen LogP contribution < -0.4 is 16.4 Å². The van der Waals surface area contributed by atoms with Gasteiger partial charge in [-0.15, -0.1) is 0 Å². The molecule has 1 aromatic rings. The Kier molecular flexibility index (Phi) is 4.53. The van der Waals surface area contributed by atoms with E-state index in [1.165, 1.54) is 0 Å². The Hall–Kier alpha value is -1.42. The number of hydrogen-bond acceptors (Lipinski definition) is 3. The molecule has 0 bridgehead atoms. The molecule has 1 saturated carbocycles. The average molecular weight is 282 g/mol. The zero-order chi connectivity index (χ0) is 13.8. The molecule has 0 saturated heterocycles. The summed E-state index contributed by atoms with van der Waals surface area (Å²) < 4.78 is 0. The van der Waals surface area contributed by atoms with Crippen molar-refractivity contribution in [3.8, 4) is 0 Å². The third kappa shape index (κ3) is 3.77. The lowest BCUT2D eigenvalue weighted by Gasteiger charge is -2.12. The lowest BCUT2D eigenvalue weighted by atomic mass is 10.1. The second-order valence-corrected chi connectivity index (χ2v) is 5.35. The first kappa shape index (κ1) is 14.0. The van der Waals surface area contributed by atoms with Gasteiger partial charge in [0.05, 0.1) is 22.0 Å². The highest BCUT2D eigenvalue weighted by molar-refractivity contribution is 6.34. The van der Waals surface area contributed by atoms with E-state index in [2.05, 4.69) is 17.6 Å². The number of rotatable bonds is 6. The average Bonchev–Trinajstić information content (AvgIpc) is 3.17. The van der Waals surface area contributed by atoms with Crippen LogP contribution in [0.3, 0.4) is 0 Å². The fourth-order valence-corrected chi connectivity index (χ4v) is 2.06. The molecule has 0 radical (unpaired) electrons. The quantitative estimate of drug-likeness (QED) is 0.555. The maximum absolute atomic E-state index is 12.0. The van der Waals surface area contributed by atoms with E-state index in [-0.39, 0.29) is 5.91 Å². The number of nitrogens with one attached hydrogen (secondary N) is 2. The maximum Gasteiger partial charge on any atom is 0.252 e. The van der Waals surface area contributed by atoms with Gasteiger partial charge in [-0.3, -0.25) is 4.79 Å². The van der Waals surface area contributed by atoms with Gasteiger partial charge >= 0.3 is 0 Å². The van der Waals surface area contributed by atoms with Gasteiger partial charge in [-0.05, 0) is 31.4 Å². The van der Waals surface area contributed by atoms with Crippen LogP contribution in [0.2, 0.25) is 5.02 Å². The molecule has 1 aliphatic rings. The van der Waals surface area contributed by atoms with Crippen LogP contribution in [0.15, 0.2) is 12.1 Å². The number of anilines is 2. The van der Waals surface area contributed by atoms with Crippen molar-refractivity contribution in [3.05, 3.63) is 22.7 Å². The molecule has 0 aromatic heterocycles. The highest BCUT2D eigenvalue weighted by Crippen LogP contribution is 2.32. The van der Waals surface area contributed by atoms with Gasteiger partial charge in [0.25, 0.3) is 5.91 Å². The van der Waals surface area contributed by atoms with E-state index in [1.807, 2.05) is 0 Å². The summed E-state index contributed by atoms with van der Waals surface area (Å²) in [7, 11) is 0. The highest BCUT2D eigenvalue weighted by Gasteiger charge is 2.22. The van der Waals surface area contributed by atoms with E-state index in [0.29, 0.717) is 28.9 Å². The molecule has 1 amide bonds. The zero-order valence-electron chi connectivity index (χ0n) is 11.1. The van der Waals surface area contributed by atoms with Crippen LogP contribution in [0, 0.1) is 0 Å². The summed E-state index contributed by atoms with van der Waals surface area (Å²) in [6.07, 6.45) is 4.33. The number of halogens is 1. The number of hydrogen-bond donors (Lipinski definition) is 3. The van der Waals surface area contributed by atoms with Crippen molar-refractivity contribution in [1.29, 1.82) is 0 Å². The smallest absolute Gasteiger partial charge is 0.252 e. The molecule has 0 atom stereocenters. The molecule has 0 heterocycles. The summed E-state index contributed by atoms with van der Waals surface area (Å²) in [5.74, 6) is -0.164. The van der Waals surface area contributed by atoms with Crippen LogP contribution >= 0.6 is 11.6 Å². The molecular weight excluding hydrogens is 262 g/mol. The fourth-order valence-electron chi connectivity index (χ4n) is 1.81. The largest absolute Gasteiger partial charge is 0.397 e. The van der Waals surface area contributed by atoms with Gasteiger partial charge in [-0.2, -0.15) is 0 Å². The van der Waals surface area contributed by atoms with E-state index >= 15 is 0 Å². The zero-order valence-corrected chi connectivity index (χ0v) is 11.9. The number of nitrogen functional groups attached to an aromatic ring is 1. The van der Waals surface area contributed by atoms with Crippen LogP contribution in [0.25, 0.3) is 0 Å². The standard InChI is InChI=1S/C14H20ClN3O/c1-2-3-6-17-14(19)10-7-12(16)13(8-11(10)15)18-9-4-5-9/h7-9,18H,2-6,16H2,1H3,(H,17,19). The minimum atomic E-state index is -0.164. The first-order valence-electron chi connectivity index (χ1n) is 6.75. The SMILES string of the molecule is CCCCNC(=O)c1cc(N)c(NC2CC2)cc1Cl. The van der Waals surface area contributed by atoms with Gasteiger partial charge in [0.15, 0.2) is 0 Å². The first-order valence-corrected chi connectivity index (χ1v) is 7.13. The normalized spacial score (nSPS) is 14.2. The van der Waals surface area contributed by atoms with Crippen LogP contribution in [-0.4, -0.2) is 18.5 Å². The number of carbonyl (C=O) groups excluding carboxylic acids is 1. The van der Waals surface area contributed by atoms with E-state index < -0.39 is 0 Å². The molecule has 1 fully saturated rings. The number of carbonyl (C=O) groups is 1. The molecule has 0 spiro atoms. The van der Waals surface area contributed by atoms with Gasteiger partial charge < -0.3 is 16.4 Å². The minimum absolute atomic E-state index is 0.164. The van der Waals surface area contributed by atoms with Crippen LogP contribution in [0.1, 0.15) is 43.0 Å². The fraction of sp³-hybridized carbons (Fsp3) is 0.500. The van der Waals surface area contributed by atoms with Crippen molar-refractivity contribution in [1.82, 2.24) is 5.32 Å². The third-order valence-electron chi connectivity index (χ3n) is 3.14. The molecule has 1 aliphatic carbocycles. The molecule has 1 aromatic carbocycles. The lowest BCUT2D eigenvalue weighted by molar-refractivity contribution is 0.0953. The van der Waals surface area contributed by atoms with Crippen molar-refractivity contribution in [2.75, 3.05) is 17.6 Å². The van der Waals surface area contributed by atoms with Crippen molar-refractivity contribution >= 4 is 28.9 Å². The van der Waals surface area contributed by atoms with Crippen molar-refractivity contribution in [2.24, 2.45) is 0 Å². The molecule has 0 aliphatic heterocycles. The summed E-state index contributed by atoms with van der Waals surface area (Å²) in [5.41, 5.74) is 7.78. The summed E-state index contributed by atoms with van der Waals surface area (Å²) in [4.78, 5) is 12.0. The van der Waals surface area contributed by atoms with Gasteiger partial charge in [0.2, 0.25) is 0 Å². The molecule has 4 nitrogen and oxygen atoms in total. The molecule has 104 valence electrons. The second-order valence-electron chi connectivity index (χ2n) is 4.95. The summed E-state index contributed by atoms with van der Waals surface area (Å²) in [5, 5.41) is 6.58. The molecule has 2 rings (SSSR count). The molecule has 4 N–H and O–H groups in total. The summed E-state index contributed by atoms with van der Waals surface area (Å²) in [6, 6.07) is 3.89. The Balaban J connectivity index is 2.07. The maximum atomic E-state index is 12.0. The van der Waals surface area contributed by atoms with E-state index in [9.17, 15) is 4.79 Å². The summed E-state index contributed by atoms with van der Waals surface area (Å²) in [6.45, 7) is 2.74. The Bertz CT molecular complexity index is 472. The number of unbranched alkanes of at least 4 members (excludes halogenated alkanes) is 1. The third-order valence-corrected chi connectivity index (χ3v) is 3.45. The van der Waals surface area contributed by atoms with Gasteiger partial charge in [0.1, 0.15) is 0 Å². The Morgan fingerprint density at radius 1 is 1.47 bits per heavy atom. The number of nitrogens with two attached hydrogens (primary N) is 1. The second kappa shape index (κ2) is 6.15. The molecule has 19 heavy (non-hydrogen) atoms. The van der Waals surface area contributed by atoms with Crippen LogP contribution in [0.4, 0.5) is 11.4 Å². The van der Waals surface area contributed by atoms with Crippen molar-refractivity contribution < 1.29 is 4.79 Å². The van der Waals surface area contributed by atoms with E-state index in [1.54, 1.807) is 12.1 Å². The monoisotopic (exact) mass is 281 g/mol. The van der Waals surface area contributed by atoms with Crippen LogP contribution in [-0.2, 0) is 0 Å². The number of amides is 1. The topological polar surface area (TPSA) is 67.2 Å². The van der Waals surface area contributed by atoms with E-state index in [4.69, 9.17) is 17.3 Å². The van der Waals surface area contributed by atoms with E-state index in [0.717, 1.165) is 31.4 Å². The number of benzene rings is 1. The predicted octanol–water partition coefficient (Wildman–Crippen LogP) is 3.03. The predicted molar refractivity (Wildman–Crippen MR) is 79.8 cm³/mol. The van der Waals surface area contributed by atoms with Gasteiger partial charge in [0, 0.05) is 12.6 Å². The molecule has 0 unspecified atom stereocenters. The summed E-state index contributed by atoms with van der Waals surface area (Å²) >= 11 is 6.16.